The Hall–Kier alpha value is -3.19. The summed E-state index contributed by atoms with van der Waals surface area (Å²) in [4.78, 5) is 16.2. The molecule has 0 atom stereocenters. The highest BCUT2D eigenvalue weighted by atomic mass is 35.5. The lowest BCUT2D eigenvalue weighted by Gasteiger charge is -2.13. The lowest BCUT2D eigenvalue weighted by Crippen LogP contribution is -2.13. The molecule has 2 aromatic carbocycles. The molecule has 0 radical (unpaired) electrons. The Morgan fingerprint density at radius 1 is 1.16 bits per heavy atom. The van der Waals surface area contributed by atoms with Gasteiger partial charge in [-0.3, -0.25) is 4.57 Å². The minimum Gasteiger partial charge on any atom is -0.454 e. The van der Waals surface area contributed by atoms with Crippen LogP contribution in [0.4, 0.5) is 4.79 Å². The normalized spacial score (nSPS) is 12.2. The van der Waals surface area contributed by atoms with Gasteiger partial charge in [-0.25, -0.2) is 9.78 Å². The summed E-state index contributed by atoms with van der Waals surface area (Å²) < 4.78 is 17.8. The summed E-state index contributed by atoms with van der Waals surface area (Å²) in [7, 11) is 0. The molecule has 2 heterocycles. The van der Waals surface area contributed by atoms with Gasteiger partial charge in [-0.1, -0.05) is 48.9 Å². The third-order valence-electron chi connectivity index (χ3n) is 5.09. The van der Waals surface area contributed by atoms with E-state index in [1.165, 1.54) is 0 Å². The molecule has 0 unspecified atom stereocenters. The van der Waals surface area contributed by atoms with E-state index < -0.39 is 6.16 Å². The first kappa shape index (κ1) is 21.1. The number of hydrogen-bond donors (Lipinski definition) is 1. The van der Waals surface area contributed by atoms with Crippen LogP contribution in [0.25, 0.3) is 0 Å². The maximum absolute atomic E-state index is 11.5. The van der Waals surface area contributed by atoms with Gasteiger partial charge in [0, 0.05) is 17.5 Å². The van der Waals surface area contributed by atoms with Crippen molar-refractivity contribution in [3.63, 3.8) is 0 Å². The maximum Gasteiger partial charge on any atom is 0.512 e. The summed E-state index contributed by atoms with van der Waals surface area (Å²) in [5.41, 5.74) is 2.53. The molecule has 0 spiro atoms. The number of halogens is 1. The van der Waals surface area contributed by atoms with Gasteiger partial charge < -0.3 is 19.3 Å². The highest BCUT2D eigenvalue weighted by Gasteiger charge is 2.23. The van der Waals surface area contributed by atoms with Crippen LogP contribution in [-0.4, -0.2) is 27.6 Å². The number of hydrogen-bond acceptors (Lipinski definition) is 5. The molecule has 4 rings (SSSR count). The third-order valence-corrected chi connectivity index (χ3v) is 5.44. The largest absolute Gasteiger partial charge is 0.512 e. The summed E-state index contributed by atoms with van der Waals surface area (Å²) >= 11 is 6.47. The number of carbonyl (C=O) groups is 1. The van der Waals surface area contributed by atoms with Gasteiger partial charge in [0.15, 0.2) is 11.5 Å². The highest BCUT2D eigenvalue weighted by Crippen LogP contribution is 2.38. The van der Waals surface area contributed by atoms with E-state index in [1.54, 1.807) is 10.6 Å². The standard InChI is InChI=1S/C23H23ClN2O5/c1-2-6-21-25-18(10-9-15-7-4-3-5-8-15)22(31-23(27)28)26(21)13-16-11-19-20(12-17(16)24)30-14-29-19/h3-5,7-8,11-12H,2,6,9-10,13-14H2,1H3,(H,27,28). The van der Waals surface area contributed by atoms with Gasteiger partial charge in [-0.15, -0.1) is 0 Å². The predicted molar refractivity (Wildman–Crippen MR) is 115 cm³/mol. The molecule has 0 saturated heterocycles. The second kappa shape index (κ2) is 9.31. The lowest BCUT2D eigenvalue weighted by atomic mass is 10.1. The van der Waals surface area contributed by atoms with Crippen LogP contribution < -0.4 is 14.2 Å². The van der Waals surface area contributed by atoms with Gasteiger partial charge in [0.05, 0.1) is 6.54 Å². The third kappa shape index (κ3) is 4.77. The van der Waals surface area contributed by atoms with Gasteiger partial charge in [-0.05, 0) is 36.5 Å². The SMILES string of the molecule is CCCc1nc(CCc2ccccc2)c(OC(=O)O)n1Cc1cc2c(cc1Cl)OCO2. The Kier molecular flexibility index (Phi) is 6.32. The molecule has 31 heavy (non-hydrogen) atoms. The minimum atomic E-state index is -1.37. The van der Waals surface area contributed by atoms with E-state index in [0.29, 0.717) is 41.6 Å². The van der Waals surface area contributed by atoms with Crippen LogP contribution in [-0.2, 0) is 25.8 Å². The van der Waals surface area contributed by atoms with Crippen molar-refractivity contribution in [2.75, 3.05) is 6.79 Å². The van der Waals surface area contributed by atoms with Crippen LogP contribution >= 0.6 is 11.6 Å². The molecule has 0 fully saturated rings. The zero-order valence-corrected chi connectivity index (χ0v) is 17.9. The van der Waals surface area contributed by atoms with Crippen molar-refractivity contribution in [1.29, 1.82) is 0 Å². The van der Waals surface area contributed by atoms with E-state index >= 15 is 0 Å². The number of aryl methyl sites for hydroxylation is 3. The first-order valence-electron chi connectivity index (χ1n) is 10.2. The molecular weight excluding hydrogens is 420 g/mol. The van der Waals surface area contributed by atoms with Crippen LogP contribution in [0.15, 0.2) is 42.5 Å². The zero-order chi connectivity index (χ0) is 21.8. The van der Waals surface area contributed by atoms with Gasteiger partial charge >= 0.3 is 6.16 Å². The van der Waals surface area contributed by atoms with E-state index in [4.69, 9.17) is 30.8 Å². The Balaban J connectivity index is 1.69. The number of benzene rings is 2. The molecule has 1 aromatic heterocycles. The minimum absolute atomic E-state index is 0.151. The van der Waals surface area contributed by atoms with Crippen LogP contribution in [0.3, 0.4) is 0 Å². The Morgan fingerprint density at radius 3 is 2.61 bits per heavy atom. The fourth-order valence-electron chi connectivity index (χ4n) is 3.63. The monoisotopic (exact) mass is 442 g/mol. The molecule has 0 aliphatic carbocycles. The summed E-state index contributed by atoms with van der Waals surface area (Å²) in [5, 5.41) is 9.87. The molecule has 0 saturated carbocycles. The smallest absolute Gasteiger partial charge is 0.454 e. The van der Waals surface area contributed by atoms with Crippen LogP contribution in [0, 0.1) is 0 Å². The molecule has 0 bridgehead atoms. The second-order valence-corrected chi connectivity index (χ2v) is 7.67. The fraction of sp³-hybridized carbons (Fsp3) is 0.304. The van der Waals surface area contributed by atoms with Crippen molar-refractivity contribution in [3.8, 4) is 17.4 Å². The van der Waals surface area contributed by atoms with E-state index in [0.717, 1.165) is 29.8 Å². The molecule has 7 nitrogen and oxygen atoms in total. The van der Waals surface area contributed by atoms with Crippen molar-refractivity contribution in [1.82, 2.24) is 9.55 Å². The number of fused-ring (bicyclic) bond motifs is 1. The summed E-state index contributed by atoms with van der Waals surface area (Å²) in [6.45, 7) is 2.51. The first-order chi connectivity index (χ1) is 15.0. The number of imidazole rings is 1. The molecular formula is C23H23ClN2O5. The summed E-state index contributed by atoms with van der Waals surface area (Å²) in [6, 6.07) is 13.5. The fourth-order valence-corrected chi connectivity index (χ4v) is 3.85. The topological polar surface area (TPSA) is 82.8 Å². The van der Waals surface area contributed by atoms with E-state index in [-0.39, 0.29) is 12.7 Å². The van der Waals surface area contributed by atoms with E-state index in [1.807, 2.05) is 43.3 Å². The number of nitrogens with zero attached hydrogens (tertiary/aromatic N) is 2. The Labute approximate surface area is 185 Å². The molecule has 3 aromatic rings. The molecule has 0 amide bonds. The quantitative estimate of drug-likeness (QED) is 0.488. The molecule has 162 valence electrons. The Morgan fingerprint density at radius 2 is 1.90 bits per heavy atom. The average molecular weight is 443 g/mol. The van der Waals surface area contributed by atoms with Crippen molar-refractivity contribution in [2.24, 2.45) is 0 Å². The zero-order valence-electron chi connectivity index (χ0n) is 17.1. The molecule has 8 heteroatoms. The lowest BCUT2D eigenvalue weighted by molar-refractivity contribution is 0.140. The number of ether oxygens (including phenoxy) is 3. The van der Waals surface area contributed by atoms with E-state index in [9.17, 15) is 9.90 Å². The number of rotatable bonds is 8. The van der Waals surface area contributed by atoms with Crippen molar-refractivity contribution in [3.05, 3.63) is 70.1 Å². The maximum atomic E-state index is 11.5. The van der Waals surface area contributed by atoms with Crippen LogP contribution in [0.5, 0.6) is 17.4 Å². The second-order valence-electron chi connectivity index (χ2n) is 7.27. The molecule has 1 aliphatic heterocycles. The number of aromatic nitrogens is 2. The molecule has 1 N–H and O–H groups in total. The van der Waals surface area contributed by atoms with Crippen molar-refractivity contribution < 1.29 is 24.1 Å². The van der Waals surface area contributed by atoms with Crippen molar-refractivity contribution >= 4 is 17.8 Å². The summed E-state index contributed by atoms with van der Waals surface area (Å²) in [6.07, 6.45) is 1.46. The van der Waals surface area contributed by atoms with Gasteiger partial charge in [-0.2, -0.15) is 0 Å². The molecule has 1 aliphatic rings. The predicted octanol–water partition coefficient (Wildman–Crippen LogP) is 5.11. The highest BCUT2D eigenvalue weighted by molar-refractivity contribution is 6.31. The average Bonchev–Trinajstić information content (AvgIpc) is 3.32. The Bertz CT molecular complexity index is 1080. The van der Waals surface area contributed by atoms with Gasteiger partial charge in [0.2, 0.25) is 12.7 Å². The first-order valence-corrected chi connectivity index (χ1v) is 10.5. The van der Waals surface area contributed by atoms with Gasteiger partial charge in [0.25, 0.3) is 0 Å². The van der Waals surface area contributed by atoms with Crippen LogP contribution in [0.1, 0.15) is 36.0 Å². The van der Waals surface area contributed by atoms with Crippen molar-refractivity contribution in [2.45, 2.75) is 39.2 Å². The van der Waals surface area contributed by atoms with Crippen LogP contribution in [0.2, 0.25) is 5.02 Å². The van der Waals surface area contributed by atoms with Gasteiger partial charge in [0.1, 0.15) is 11.5 Å². The van der Waals surface area contributed by atoms with E-state index in [2.05, 4.69) is 0 Å². The summed E-state index contributed by atoms with van der Waals surface area (Å²) in [5.74, 6) is 2.21. The number of carboxylic acid groups (broad SMARTS) is 1.